The summed E-state index contributed by atoms with van der Waals surface area (Å²) in [6, 6.07) is 16.4. The topological polar surface area (TPSA) is 59.8 Å². The highest BCUT2D eigenvalue weighted by atomic mass is 32.2. The monoisotopic (exact) mass is 410 g/mol. The van der Waals surface area contributed by atoms with Gasteiger partial charge in [-0.1, -0.05) is 54.2 Å². The fraction of sp³-hybridized carbons (Fsp3) is 0.318. The quantitative estimate of drug-likeness (QED) is 0.567. The predicted octanol–water partition coefficient (Wildman–Crippen LogP) is 4.14. The molecule has 4 rings (SSSR count). The summed E-state index contributed by atoms with van der Waals surface area (Å²) in [5.74, 6) is 1.12. The Balaban J connectivity index is 1.42. The Kier molecular flexibility index (Phi) is 5.94. The number of hydrogen-bond acceptors (Lipinski definition) is 4. The summed E-state index contributed by atoms with van der Waals surface area (Å²) in [6.07, 6.45) is 2.29. The number of amides is 1. The average molecular weight is 411 g/mol. The van der Waals surface area contributed by atoms with E-state index in [0.29, 0.717) is 19.0 Å². The number of halogens is 1. The molecule has 1 atom stereocenters. The molecule has 1 unspecified atom stereocenters. The highest BCUT2D eigenvalue weighted by molar-refractivity contribution is 8.00. The van der Waals surface area contributed by atoms with Crippen LogP contribution in [0.2, 0.25) is 0 Å². The Morgan fingerprint density at radius 1 is 1.14 bits per heavy atom. The minimum Gasteiger partial charge on any atom is -0.351 e. The Labute approximate surface area is 173 Å². The normalized spacial score (nSPS) is 14.6. The molecule has 1 amide bonds. The first-order valence-corrected chi connectivity index (χ1v) is 10.6. The molecule has 29 heavy (non-hydrogen) atoms. The number of benzene rings is 2. The molecule has 7 heteroatoms. The molecule has 1 fully saturated rings. The molecule has 1 aliphatic rings. The third kappa shape index (κ3) is 5.03. The number of thioether (sulfide) groups is 1. The fourth-order valence-electron chi connectivity index (χ4n) is 3.09. The summed E-state index contributed by atoms with van der Waals surface area (Å²) in [6.45, 7) is 2.93. The molecule has 5 nitrogen and oxygen atoms in total. The van der Waals surface area contributed by atoms with Crippen LogP contribution in [0.3, 0.4) is 0 Å². The molecule has 0 aliphatic heterocycles. The molecule has 1 saturated carbocycles. The van der Waals surface area contributed by atoms with Crippen LogP contribution in [0.1, 0.15) is 42.6 Å². The molecule has 3 aromatic rings. The lowest BCUT2D eigenvalue weighted by Gasteiger charge is -2.14. The first kappa shape index (κ1) is 19.6. The molecular formula is C22H23FN4OS. The number of nitrogens with zero attached hydrogens (tertiary/aromatic N) is 3. The molecular weight excluding hydrogens is 387 g/mol. The molecule has 1 aliphatic carbocycles. The fourth-order valence-corrected chi connectivity index (χ4v) is 3.97. The Morgan fingerprint density at radius 2 is 1.86 bits per heavy atom. The Morgan fingerprint density at radius 3 is 2.55 bits per heavy atom. The third-order valence-electron chi connectivity index (χ3n) is 4.90. The summed E-state index contributed by atoms with van der Waals surface area (Å²) in [7, 11) is 0. The molecule has 1 aromatic heterocycles. The van der Waals surface area contributed by atoms with Crippen molar-refractivity contribution in [2.24, 2.45) is 0 Å². The maximum absolute atomic E-state index is 13.0. The molecule has 150 valence electrons. The van der Waals surface area contributed by atoms with E-state index in [1.54, 1.807) is 12.1 Å². The van der Waals surface area contributed by atoms with E-state index in [1.807, 2.05) is 25.1 Å². The van der Waals surface area contributed by atoms with Gasteiger partial charge in [-0.25, -0.2) is 4.39 Å². The van der Waals surface area contributed by atoms with E-state index in [-0.39, 0.29) is 17.0 Å². The molecule has 0 radical (unpaired) electrons. The molecule has 0 spiro atoms. The van der Waals surface area contributed by atoms with Gasteiger partial charge in [-0.15, -0.1) is 10.2 Å². The van der Waals surface area contributed by atoms with Crippen molar-refractivity contribution in [1.29, 1.82) is 0 Å². The van der Waals surface area contributed by atoms with E-state index in [0.717, 1.165) is 29.4 Å². The van der Waals surface area contributed by atoms with Crippen molar-refractivity contribution in [1.82, 2.24) is 20.1 Å². The van der Waals surface area contributed by atoms with Gasteiger partial charge in [0, 0.05) is 12.5 Å². The standard InChI is InChI=1S/C22H23FN4OS/c1-15(21(28)24-13-16-7-11-19(23)12-8-16)29-22-26-25-20(18-9-10-18)27(22)14-17-5-3-2-4-6-17/h2-8,11-12,15,18H,9-10,13-14H2,1H3,(H,24,28). The molecule has 0 saturated heterocycles. The Hall–Kier alpha value is -2.67. The highest BCUT2D eigenvalue weighted by Gasteiger charge is 2.31. The number of carbonyl (C=O) groups excluding carboxylic acids is 1. The van der Waals surface area contributed by atoms with Gasteiger partial charge >= 0.3 is 0 Å². The van der Waals surface area contributed by atoms with E-state index in [1.165, 1.54) is 29.5 Å². The third-order valence-corrected chi connectivity index (χ3v) is 5.98. The lowest BCUT2D eigenvalue weighted by molar-refractivity contribution is -0.120. The van der Waals surface area contributed by atoms with Crippen LogP contribution >= 0.6 is 11.8 Å². The van der Waals surface area contributed by atoms with E-state index in [4.69, 9.17) is 0 Å². The summed E-state index contributed by atoms with van der Waals surface area (Å²) < 4.78 is 15.1. The summed E-state index contributed by atoms with van der Waals surface area (Å²) in [4.78, 5) is 12.5. The van der Waals surface area contributed by atoms with Crippen molar-refractivity contribution < 1.29 is 9.18 Å². The SMILES string of the molecule is CC(Sc1nnc(C2CC2)n1Cc1ccccc1)C(=O)NCc1ccc(F)cc1. The van der Waals surface area contributed by atoms with E-state index < -0.39 is 0 Å². The van der Waals surface area contributed by atoms with Crippen LogP contribution in [0.25, 0.3) is 0 Å². The molecule has 1 N–H and O–H groups in total. The number of carbonyl (C=O) groups is 1. The maximum Gasteiger partial charge on any atom is 0.233 e. The summed E-state index contributed by atoms with van der Waals surface area (Å²) >= 11 is 1.42. The number of hydrogen-bond donors (Lipinski definition) is 1. The largest absolute Gasteiger partial charge is 0.351 e. The molecule has 0 bridgehead atoms. The van der Waals surface area contributed by atoms with Gasteiger partial charge in [0.05, 0.1) is 11.8 Å². The first-order valence-electron chi connectivity index (χ1n) is 9.76. The van der Waals surface area contributed by atoms with Crippen LogP contribution in [-0.2, 0) is 17.9 Å². The van der Waals surface area contributed by atoms with Gasteiger partial charge in [-0.05, 0) is 43.0 Å². The highest BCUT2D eigenvalue weighted by Crippen LogP contribution is 2.40. The molecule has 2 aromatic carbocycles. The van der Waals surface area contributed by atoms with Crippen molar-refractivity contribution in [2.45, 2.75) is 49.2 Å². The van der Waals surface area contributed by atoms with Crippen molar-refractivity contribution >= 4 is 17.7 Å². The van der Waals surface area contributed by atoms with Crippen LogP contribution in [-0.4, -0.2) is 25.9 Å². The second kappa shape index (κ2) is 8.78. The van der Waals surface area contributed by atoms with E-state index >= 15 is 0 Å². The van der Waals surface area contributed by atoms with Gasteiger partial charge in [-0.2, -0.15) is 0 Å². The Bertz CT molecular complexity index is 970. The minimum absolute atomic E-state index is 0.0819. The smallest absolute Gasteiger partial charge is 0.233 e. The van der Waals surface area contributed by atoms with E-state index in [2.05, 4.69) is 32.2 Å². The predicted molar refractivity (Wildman–Crippen MR) is 111 cm³/mol. The summed E-state index contributed by atoms with van der Waals surface area (Å²) in [5, 5.41) is 12.1. The zero-order valence-corrected chi connectivity index (χ0v) is 17.0. The van der Waals surface area contributed by atoms with Crippen LogP contribution < -0.4 is 5.32 Å². The van der Waals surface area contributed by atoms with Crippen molar-refractivity contribution in [3.8, 4) is 0 Å². The van der Waals surface area contributed by atoms with Gasteiger partial charge in [0.25, 0.3) is 0 Å². The summed E-state index contributed by atoms with van der Waals surface area (Å²) in [5.41, 5.74) is 2.05. The van der Waals surface area contributed by atoms with Crippen molar-refractivity contribution in [3.05, 3.63) is 77.4 Å². The van der Waals surface area contributed by atoms with Crippen molar-refractivity contribution in [3.63, 3.8) is 0 Å². The van der Waals surface area contributed by atoms with Crippen LogP contribution in [0.5, 0.6) is 0 Å². The second-order valence-corrected chi connectivity index (χ2v) is 8.60. The van der Waals surface area contributed by atoms with Gasteiger partial charge in [-0.3, -0.25) is 4.79 Å². The van der Waals surface area contributed by atoms with Crippen LogP contribution in [0.4, 0.5) is 4.39 Å². The maximum atomic E-state index is 13.0. The van der Waals surface area contributed by atoms with Gasteiger partial charge in [0.15, 0.2) is 5.16 Å². The van der Waals surface area contributed by atoms with E-state index in [9.17, 15) is 9.18 Å². The van der Waals surface area contributed by atoms with Crippen LogP contribution in [0.15, 0.2) is 59.8 Å². The lowest BCUT2D eigenvalue weighted by atomic mass is 10.2. The number of rotatable bonds is 8. The number of nitrogens with one attached hydrogen (secondary N) is 1. The average Bonchev–Trinajstić information content (AvgIpc) is 3.51. The lowest BCUT2D eigenvalue weighted by Crippen LogP contribution is -2.30. The zero-order valence-electron chi connectivity index (χ0n) is 16.2. The van der Waals surface area contributed by atoms with Gasteiger partial charge < -0.3 is 9.88 Å². The van der Waals surface area contributed by atoms with Crippen LogP contribution in [0, 0.1) is 5.82 Å². The number of aromatic nitrogens is 3. The first-order chi connectivity index (χ1) is 14.1. The van der Waals surface area contributed by atoms with Crippen molar-refractivity contribution in [2.75, 3.05) is 0 Å². The minimum atomic E-state index is -0.318. The molecule has 1 heterocycles. The van der Waals surface area contributed by atoms with Gasteiger partial charge in [0.2, 0.25) is 5.91 Å². The van der Waals surface area contributed by atoms with Gasteiger partial charge in [0.1, 0.15) is 11.6 Å². The second-order valence-electron chi connectivity index (χ2n) is 7.29. The zero-order chi connectivity index (χ0) is 20.2.